The van der Waals surface area contributed by atoms with Crippen LogP contribution in [0.5, 0.6) is 0 Å². The van der Waals surface area contributed by atoms with Crippen molar-refractivity contribution in [3.63, 3.8) is 0 Å². The minimum Gasteiger partial charge on any atom is -0.338 e. The van der Waals surface area contributed by atoms with Crippen molar-refractivity contribution in [2.75, 3.05) is 13.6 Å². The minimum absolute atomic E-state index is 0.153. The molecular weight excluding hydrogens is 280 g/mol. The second-order valence-corrected chi connectivity index (χ2v) is 7.85. The molecule has 0 aliphatic carbocycles. The van der Waals surface area contributed by atoms with Crippen LogP contribution in [0.2, 0.25) is 0 Å². The van der Waals surface area contributed by atoms with Gasteiger partial charge in [-0.05, 0) is 49.1 Å². The third kappa shape index (κ3) is 5.44. The lowest BCUT2D eigenvalue weighted by molar-refractivity contribution is -0.132. The summed E-state index contributed by atoms with van der Waals surface area (Å²) in [7, 11) is 1.90. The van der Waals surface area contributed by atoms with E-state index in [4.69, 9.17) is 5.73 Å². The summed E-state index contributed by atoms with van der Waals surface area (Å²) in [6.45, 7) is 9.48. The second kappa shape index (κ2) is 7.95. The first kappa shape index (κ1) is 18.2. The van der Waals surface area contributed by atoms with E-state index in [0.717, 1.165) is 12.8 Å². The summed E-state index contributed by atoms with van der Waals surface area (Å²) < 4.78 is 0. The molecule has 2 N–H and O–H groups in total. The molecule has 0 aromatic carbocycles. The Kier molecular flexibility index (Phi) is 6.88. The van der Waals surface area contributed by atoms with Crippen LogP contribution < -0.4 is 5.73 Å². The van der Waals surface area contributed by atoms with Crippen molar-refractivity contribution in [1.29, 1.82) is 0 Å². The molecule has 0 saturated carbocycles. The summed E-state index contributed by atoms with van der Waals surface area (Å²) in [6, 6.07) is 4.28. The Labute approximate surface area is 133 Å². The Morgan fingerprint density at radius 3 is 2.52 bits per heavy atom. The quantitative estimate of drug-likeness (QED) is 0.825. The Bertz CT molecular complexity index is 422. The summed E-state index contributed by atoms with van der Waals surface area (Å²) in [5.74, 6) is 0.721. The molecule has 1 rings (SSSR count). The summed E-state index contributed by atoms with van der Waals surface area (Å²) in [5, 5.41) is 2.06. The van der Waals surface area contributed by atoms with Crippen molar-refractivity contribution in [2.24, 2.45) is 17.1 Å². The Morgan fingerprint density at radius 2 is 2.05 bits per heavy atom. The monoisotopic (exact) mass is 310 g/mol. The van der Waals surface area contributed by atoms with E-state index < -0.39 is 0 Å². The Balaban J connectivity index is 2.55. The van der Waals surface area contributed by atoms with Gasteiger partial charge in [0.05, 0.1) is 6.04 Å². The van der Waals surface area contributed by atoms with Crippen molar-refractivity contribution in [2.45, 2.75) is 53.0 Å². The topological polar surface area (TPSA) is 46.3 Å². The van der Waals surface area contributed by atoms with Crippen LogP contribution in [0.1, 0.15) is 57.9 Å². The van der Waals surface area contributed by atoms with Crippen molar-refractivity contribution in [1.82, 2.24) is 4.90 Å². The average Bonchev–Trinajstić information content (AvgIpc) is 2.94. The van der Waals surface area contributed by atoms with E-state index in [0.29, 0.717) is 18.9 Å². The standard InChI is InChI=1S/C17H30N2OS/c1-13(15-7-6-12-21-15)19(5)16(20)9-8-14(10-11-18)17(2,3)4/h6-7,12-14H,8-11,18H2,1-5H3. The van der Waals surface area contributed by atoms with E-state index >= 15 is 0 Å². The van der Waals surface area contributed by atoms with Gasteiger partial charge in [-0.2, -0.15) is 0 Å². The van der Waals surface area contributed by atoms with Gasteiger partial charge in [0.15, 0.2) is 0 Å². The van der Waals surface area contributed by atoms with Crippen LogP contribution in [-0.4, -0.2) is 24.4 Å². The highest BCUT2D eigenvalue weighted by atomic mass is 32.1. The molecule has 21 heavy (non-hydrogen) atoms. The van der Waals surface area contributed by atoms with Crippen LogP contribution in [0.3, 0.4) is 0 Å². The van der Waals surface area contributed by atoms with Crippen LogP contribution >= 0.6 is 11.3 Å². The number of carbonyl (C=O) groups is 1. The lowest BCUT2D eigenvalue weighted by Gasteiger charge is -2.31. The zero-order valence-corrected chi connectivity index (χ0v) is 14.9. The molecule has 1 aromatic heterocycles. The van der Waals surface area contributed by atoms with E-state index in [1.165, 1.54) is 4.88 Å². The van der Waals surface area contributed by atoms with Crippen molar-refractivity contribution in [3.05, 3.63) is 22.4 Å². The molecule has 120 valence electrons. The molecular formula is C17H30N2OS. The van der Waals surface area contributed by atoms with Gasteiger partial charge in [-0.1, -0.05) is 26.8 Å². The fourth-order valence-corrected chi connectivity index (χ4v) is 3.45. The Hall–Kier alpha value is -0.870. The third-order valence-electron chi connectivity index (χ3n) is 4.38. The predicted octanol–water partition coefficient (Wildman–Crippen LogP) is 4.06. The molecule has 4 heteroatoms. The largest absolute Gasteiger partial charge is 0.338 e. The average molecular weight is 311 g/mol. The molecule has 0 fully saturated rings. The fraction of sp³-hybridized carbons (Fsp3) is 0.706. The molecule has 0 saturated heterocycles. The van der Waals surface area contributed by atoms with Crippen LogP contribution in [0.15, 0.2) is 17.5 Å². The van der Waals surface area contributed by atoms with E-state index in [9.17, 15) is 4.79 Å². The number of carbonyl (C=O) groups excluding carboxylic acids is 1. The van der Waals surface area contributed by atoms with Gasteiger partial charge in [-0.15, -0.1) is 11.3 Å². The SMILES string of the molecule is CC(c1cccs1)N(C)C(=O)CCC(CCN)C(C)(C)C. The molecule has 0 spiro atoms. The van der Waals surface area contributed by atoms with Gasteiger partial charge in [-0.3, -0.25) is 4.79 Å². The first-order valence-corrected chi connectivity index (χ1v) is 8.64. The summed E-state index contributed by atoms with van der Waals surface area (Å²) in [6.07, 6.45) is 2.51. The van der Waals surface area contributed by atoms with Gasteiger partial charge in [-0.25, -0.2) is 0 Å². The number of rotatable bonds is 7. The van der Waals surface area contributed by atoms with Crippen LogP contribution in [0.25, 0.3) is 0 Å². The molecule has 2 unspecified atom stereocenters. The van der Waals surface area contributed by atoms with Crippen molar-refractivity contribution >= 4 is 17.2 Å². The van der Waals surface area contributed by atoms with Gasteiger partial charge in [0.25, 0.3) is 0 Å². The number of nitrogens with two attached hydrogens (primary N) is 1. The highest BCUT2D eigenvalue weighted by Gasteiger charge is 2.26. The van der Waals surface area contributed by atoms with Crippen molar-refractivity contribution in [3.8, 4) is 0 Å². The molecule has 3 nitrogen and oxygen atoms in total. The molecule has 2 atom stereocenters. The minimum atomic E-state index is 0.153. The van der Waals surface area contributed by atoms with Crippen LogP contribution in [0.4, 0.5) is 0 Å². The molecule has 0 aliphatic rings. The molecule has 1 amide bonds. The van der Waals surface area contributed by atoms with E-state index in [-0.39, 0.29) is 17.4 Å². The van der Waals surface area contributed by atoms with E-state index in [2.05, 4.69) is 39.1 Å². The van der Waals surface area contributed by atoms with Crippen molar-refractivity contribution < 1.29 is 4.79 Å². The zero-order chi connectivity index (χ0) is 16.0. The normalized spacial score (nSPS) is 14.8. The number of hydrogen-bond donors (Lipinski definition) is 1. The maximum Gasteiger partial charge on any atom is 0.222 e. The smallest absolute Gasteiger partial charge is 0.222 e. The fourth-order valence-electron chi connectivity index (χ4n) is 2.62. The molecule has 1 heterocycles. The summed E-state index contributed by atoms with van der Waals surface area (Å²) >= 11 is 1.70. The van der Waals surface area contributed by atoms with Gasteiger partial charge in [0, 0.05) is 18.3 Å². The first-order valence-electron chi connectivity index (χ1n) is 7.76. The lowest BCUT2D eigenvalue weighted by atomic mass is 9.76. The van der Waals surface area contributed by atoms with Gasteiger partial charge in [0.1, 0.15) is 0 Å². The molecule has 0 radical (unpaired) electrons. The summed E-state index contributed by atoms with van der Waals surface area (Å²) in [5.41, 5.74) is 5.92. The second-order valence-electron chi connectivity index (χ2n) is 6.88. The maximum absolute atomic E-state index is 12.4. The maximum atomic E-state index is 12.4. The highest BCUT2D eigenvalue weighted by molar-refractivity contribution is 7.10. The predicted molar refractivity (Wildman–Crippen MR) is 91.4 cm³/mol. The van der Waals surface area contributed by atoms with E-state index in [1.54, 1.807) is 11.3 Å². The number of thiophene rings is 1. The zero-order valence-electron chi connectivity index (χ0n) is 14.1. The van der Waals surface area contributed by atoms with Gasteiger partial charge < -0.3 is 10.6 Å². The molecule has 0 bridgehead atoms. The van der Waals surface area contributed by atoms with Gasteiger partial charge >= 0.3 is 0 Å². The number of amides is 1. The van der Waals surface area contributed by atoms with Crippen LogP contribution in [-0.2, 0) is 4.79 Å². The number of nitrogens with zero attached hydrogens (tertiary/aromatic N) is 1. The lowest BCUT2D eigenvalue weighted by Crippen LogP contribution is -2.31. The van der Waals surface area contributed by atoms with E-state index in [1.807, 2.05) is 18.0 Å². The van der Waals surface area contributed by atoms with Gasteiger partial charge in [0.2, 0.25) is 5.91 Å². The molecule has 1 aromatic rings. The summed E-state index contributed by atoms with van der Waals surface area (Å²) in [4.78, 5) is 15.5. The highest BCUT2D eigenvalue weighted by Crippen LogP contribution is 2.32. The first-order chi connectivity index (χ1) is 9.77. The third-order valence-corrected chi connectivity index (χ3v) is 5.42. The Morgan fingerprint density at radius 1 is 1.38 bits per heavy atom. The number of hydrogen-bond acceptors (Lipinski definition) is 3. The van der Waals surface area contributed by atoms with Crippen LogP contribution in [0, 0.1) is 11.3 Å². The molecule has 0 aliphatic heterocycles.